The van der Waals surface area contributed by atoms with Crippen LogP contribution in [0.25, 0.3) is 0 Å². The summed E-state index contributed by atoms with van der Waals surface area (Å²) in [6.45, 7) is 9.18. The minimum Gasteiger partial charge on any atom is -0.338 e. The maximum absolute atomic E-state index is 13.1. The fourth-order valence-electron chi connectivity index (χ4n) is 6.24. The van der Waals surface area contributed by atoms with Gasteiger partial charge in [-0.05, 0) is 70.6 Å². The standard InChI is InChI=1S/C23H37N3O3S2/c1-5-9-25(20-8-10-31(28,29)14-20)22(27)13-30-23-24-15(2)16(3)26(23)17(4)21-12-18-6-7-19(21)11-18/h17-21H,5-14H2,1-4H3/t17-,18+,19+,20-,21+/m1/s1. The Labute approximate surface area is 191 Å². The molecule has 2 aliphatic carbocycles. The Morgan fingerprint density at radius 1 is 1.26 bits per heavy atom. The first kappa shape index (κ1) is 23.1. The summed E-state index contributed by atoms with van der Waals surface area (Å²) >= 11 is 1.52. The predicted molar refractivity (Wildman–Crippen MR) is 125 cm³/mol. The zero-order chi connectivity index (χ0) is 22.3. The van der Waals surface area contributed by atoms with Gasteiger partial charge in [-0.15, -0.1) is 0 Å². The lowest BCUT2D eigenvalue weighted by Crippen LogP contribution is -2.42. The summed E-state index contributed by atoms with van der Waals surface area (Å²) in [6.07, 6.45) is 6.87. The Morgan fingerprint density at radius 2 is 2.03 bits per heavy atom. The summed E-state index contributed by atoms with van der Waals surface area (Å²) in [5.41, 5.74) is 2.25. The van der Waals surface area contributed by atoms with E-state index in [0.29, 0.717) is 30.7 Å². The highest BCUT2D eigenvalue weighted by molar-refractivity contribution is 7.99. The molecule has 1 amide bonds. The van der Waals surface area contributed by atoms with Crippen LogP contribution in [-0.4, -0.2) is 58.6 Å². The lowest BCUT2D eigenvalue weighted by Gasteiger charge is -2.31. The van der Waals surface area contributed by atoms with Gasteiger partial charge in [0.2, 0.25) is 5.91 Å². The molecule has 0 radical (unpaired) electrons. The molecule has 31 heavy (non-hydrogen) atoms. The quantitative estimate of drug-likeness (QED) is 0.540. The summed E-state index contributed by atoms with van der Waals surface area (Å²) in [7, 11) is -3.01. The number of sulfone groups is 1. The number of carbonyl (C=O) groups is 1. The van der Waals surface area contributed by atoms with E-state index in [2.05, 4.69) is 25.3 Å². The number of aryl methyl sites for hydroxylation is 1. The highest BCUT2D eigenvalue weighted by Crippen LogP contribution is 2.52. The van der Waals surface area contributed by atoms with Crippen LogP contribution in [0.4, 0.5) is 0 Å². The minimum atomic E-state index is -3.01. The molecule has 1 aromatic heterocycles. The van der Waals surface area contributed by atoms with Crippen molar-refractivity contribution in [2.24, 2.45) is 17.8 Å². The highest BCUT2D eigenvalue weighted by atomic mass is 32.2. The van der Waals surface area contributed by atoms with Crippen LogP contribution >= 0.6 is 11.8 Å². The Hall–Kier alpha value is -1.02. The zero-order valence-corrected chi connectivity index (χ0v) is 21.0. The number of hydrogen-bond acceptors (Lipinski definition) is 5. The first-order valence-corrected chi connectivity index (χ1v) is 14.7. The van der Waals surface area contributed by atoms with E-state index in [-0.39, 0.29) is 23.5 Å². The lowest BCUT2D eigenvalue weighted by molar-refractivity contribution is -0.130. The maximum atomic E-state index is 13.1. The van der Waals surface area contributed by atoms with Crippen molar-refractivity contribution in [2.45, 2.75) is 83.5 Å². The van der Waals surface area contributed by atoms with Gasteiger partial charge in [0.15, 0.2) is 15.0 Å². The van der Waals surface area contributed by atoms with Crippen molar-refractivity contribution in [1.29, 1.82) is 0 Å². The molecule has 8 heteroatoms. The van der Waals surface area contributed by atoms with Gasteiger partial charge in [-0.2, -0.15) is 0 Å². The molecule has 1 saturated heterocycles. The molecule has 2 heterocycles. The van der Waals surface area contributed by atoms with Gasteiger partial charge in [-0.3, -0.25) is 4.79 Å². The van der Waals surface area contributed by atoms with Gasteiger partial charge < -0.3 is 9.47 Å². The Kier molecular flexibility index (Phi) is 6.78. The van der Waals surface area contributed by atoms with E-state index in [4.69, 9.17) is 4.98 Å². The van der Waals surface area contributed by atoms with Gasteiger partial charge in [0.1, 0.15) is 0 Å². The second-order valence-corrected chi connectivity index (χ2v) is 13.1. The van der Waals surface area contributed by atoms with E-state index >= 15 is 0 Å². The molecule has 6 nitrogen and oxygen atoms in total. The van der Waals surface area contributed by atoms with Gasteiger partial charge in [-0.1, -0.05) is 25.1 Å². The Bertz CT molecular complexity index is 927. The fraction of sp³-hybridized carbons (Fsp3) is 0.826. The molecule has 3 fully saturated rings. The largest absolute Gasteiger partial charge is 0.338 e. The molecular formula is C23H37N3O3S2. The van der Waals surface area contributed by atoms with Crippen molar-refractivity contribution in [3.63, 3.8) is 0 Å². The monoisotopic (exact) mass is 467 g/mol. The van der Waals surface area contributed by atoms with Crippen molar-refractivity contribution in [1.82, 2.24) is 14.5 Å². The van der Waals surface area contributed by atoms with Crippen LogP contribution in [0.15, 0.2) is 5.16 Å². The van der Waals surface area contributed by atoms with Crippen molar-refractivity contribution >= 4 is 27.5 Å². The van der Waals surface area contributed by atoms with Crippen LogP contribution in [0.5, 0.6) is 0 Å². The van der Waals surface area contributed by atoms with Crippen LogP contribution in [0.3, 0.4) is 0 Å². The van der Waals surface area contributed by atoms with Crippen LogP contribution in [-0.2, 0) is 14.6 Å². The smallest absolute Gasteiger partial charge is 0.233 e. The van der Waals surface area contributed by atoms with Crippen LogP contribution < -0.4 is 0 Å². The van der Waals surface area contributed by atoms with Crippen LogP contribution in [0.2, 0.25) is 0 Å². The van der Waals surface area contributed by atoms with E-state index < -0.39 is 9.84 Å². The summed E-state index contributed by atoms with van der Waals surface area (Å²) < 4.78 is 26.2. The van der Waals surface area contributed by atoms with Crippen molar-refractivity contribution < 1.29 is 13.2 Å². The first-order valence-electron chi connectivity index (χ1n) is 11.9. The zero-order valence-electron chi connectivity index (χ0n) is 19.3. The third-order valence-corrected chi connectivity index (χ3v) is 10.6. The number of fused-ring (bicyclic) bond motifs is 2. The van der Waals surface area contributed by atoms with Gasteiger partial charge in [0.05, 0.1) is 23.0 Å². The fourth-order valence-corrected chi connectivity index (χ4v) is 9.03. The number of nitrogens with zero attached hydrogens (tertiary/aromatic N) is 3. The summed E-state index contributed by atoms with van der Waals surface area (Å²) in [6, 6.07) is 0.232. The van der Waals surface area contributed by atoms with E-state index in [1.54, 1.807) is 0 Å². The molecule has 0 N–H and O–H groups in total. The normalized spacial score (nSPS) is 30.1. The maximum Gasteiger partial charge on any atom is 0.233 e. The molecule has 4 rings (SSSR count). The van der Waals surface area contributed by atoms with Crippen LogP contribution in [0.1, 0.15) is 69.8 Å². The number of thioether (sulfide) groups is 1. The lowest BCUT2D eigenvalue weighted by atomic mass is 9.84. The third-order valence-electron chi connectivity index (χ3n) is 7.93. The number of amides is 1. The van der Waals surface area contributed by atoms with Crippen molar-refractivity contribution in [3.05, 3.63) is 11.4 Å². The van der Waals surface area contributed by atoms with Gasteiger partial charge in [0, 0.05) is 24.3 Å². The summed E-state index contributed by atoms with van der Waals surface area (Å²) in [5, 5.41) is 0.939. The summed E-state index contributed by atoms with van der Waals surface area (Å²) in [5.74, 6) is 3.11. The second kappa shape index (κ2) is 9.08. The number of hydrogen-bond donors (Lipinski definition) is 0. The van der Waals surface area contributed by atoms with Gasteiger partial charge in [0.25, 0.3) is 0 Å². The van der Waals surface area contributed by atoms with Gasteiger partial charge >= 0.3 is 0 Å². The molecule has 2 saturated carbocycles. The van der Waals surface area contributed by atoms with Crippen molar-refractivity contribution in [3.8, 4) is 0 Å². The molecular weight excluding hydrogens is 430 g/mol. The van der Waals surface area contributed by atoms with E-state index in [1.807, 2.05) is 11.8 Å². The first-order chi connectivity index (χ1) is 14.7. The van der Waals surface area contributed by atoms with E-state index in [1.165, 1.54) is 43.1 Å². The molecule has 0 spiro atoms. The molecule has 5 atom stereocenters. The molecule has 1 aliphatic heterocycles. The number of rotatable bonds is 8. The Morgan fingerprint density at radius 3 is 2.61 bits per heavy atom. The number of carbonyl (C=O) groups excluding carboxylic acids is 1. The number of aromatic nitrogens is 2. The predicted octanol–water partition coefficient (Wildman–Crippen LogP) is 4.01. The molecule has 174 valence electrons. The van der Waals surface area contributed by atoms with Gasteiger partial charge in [-0.25, -0.2) is 13.4 Å². The second-order valence-electron chi connectivity index (χ2n) is 9.95. The molecule has 0 aromatic carbocycles. The highest BCUT2D eigenvalue weighted by Gasteiger charge is 2.43. The molecule has 0 unspecified atom stereocenters. The average Bonchev–Trinajstić information content (AvgIpc) is 3.49. The SMILES string of the molecule is CCCN(C(=O)CSc1nc(C)c(C)n1[C@H](C)[C@@H]1C[C@H]2CC[C@H]1C2)[C@@H]1CCS(=O)(=O)C1. The van der Waals surface area contributed by atoms with Crippen molar-refractivity contribution in [2.75, 3.05) is 23.8 Å². The van der Waals surface area contributed by atoms with Crippen LogP contribution in [0, 0.1) is 31.6 Å². The summed E-state index contributed by atoms with van der Waals surface area (Å²) in [4.78, 5) is 19.7. The molecule has 2 bridgehead atoms. The average molecular weight is 468 g/mol. The third kappa shape index (κ3) is 4.70. The molecule has 1 aromatic rings. The number of imidazole rings is 1. The van der Waals surface area contributed by atoms with E-state index in [9.17, 15) is 13.2 Å². The minimum absolute atomic E-state index is 0.0337. The topological polar surface area (TPSA) is 72.3 Å². The Balaban J connectivity index is 1.46. The molecule has 3 aliphatic rings. The van der Waals surface area contributed by atoms with E-state index in [0.717, 1.165) is 29.1 Å².